The van der Waals surface area contributed by atoms with Crippen molar-refractivity contribution in [2.75, 3.05) is 26.4 Å². The van der Waals surface area contributed by atoms with Crippen molar-refractivity contribution in [1.82, 2.24) is 0 Å². The third-order valence-electron chi connectivity index (χ3n) is 9.55. The van der Waals surface area contributed by atoms with E-state index in [1.54, 1.807) is 6.26 Å². The van der Waals surface area contributed by atoms with Crippen LogP contribution in [0.15, 0.2) is 12.3 Å². The predicted molar refractivity (Wildman–Crippen MR) is 214 cm³/mol. The van der Waals surface area contributed by atoms with E-state index in [1.807, 2.05) is 6.08 Å². The summed E-state index contributed by atoms with van der Waals surface area (Å²) in [6, 6.07) is 0. The fourth-order valence-corrected chi connectivity index (χ4v) is 6.99. The molecule has 3 atom stereocenters. The molecule has 0 saturated carbocycles. The van der Waals surface area contributed by atoms with Crippen molar-refractivity contribution < 1.29 is 43.0 Å². The number of hydrogen-bond acceptors (Lipinski definition) is 8. The molecule has 0 aliphatic rings. The minimum absolute atomic E-state index is 0.0287. The van der Waals surface area contributed by atoms with E-state index in [9.17, 15) is 19.4 Å². The van der Waals surface area contributed by atoms with Gasteiger partial charge in [-0.3, -0.25) is 13.8 Å². The van der Waals surface area contributed by atoms with Gasteiger partial charge in [-0.1, -0.05) is 187 Å². The molecule has 0 aliphatic heterocycles. The number of aliphatic hydroxyl groups is 2. The SMILES string of the molecule is CCCCCCCCCCCCCCCC/C=C\OC[C@H](COP(=O)(O)OC[C@@H](O)CO)OC(=O)CCCCCCCCCCCCCCCCC. The van der Waals surface area contributed by atoms with Crippen molar-refractivity contribution in [3.05, 3.63) is 12.3 Å². The molecule has 0 aliphatic carbocycles. The molecule has 0 heterocycles. The number of carbonyl (C=O) groups is 1. The molecule has 0 aromatic heterocycles. The lowest BCUT2D eigenvalue weighted by atomic mass is 10.0. The second-order valence-corrected chi connectivity index (χ2v) is 16.3. The number of hydrogen-bond donors (Lipinski definition) is 3. The molecular weight excluding hydrogens is 679 g/mol. The Kier molecular flexibility index (Phi) is 39.0. The lowest BCUT2D eigenvalue weighted by Gasteiger charge is -2.20. The normalized spacial score (nSPS) is 14.1. The van der Waals surface area contributed by atoms with Gasteiger partial charge in [-0.15, -0.1) is 0 Å². The predicted octanol–water partition coefficient (Wildman–Crippen LogP) is 12.0. The standard InChI is InChI=1S/C42H83O9P/c1-3-5-7-9-11-13-15-17-19-21-23-25-27-29-31-33-35-48-38-41(39-50-52(46,47)49-37-40(44)36-43)51-42(45)34-32-30-28-26-24-22-20-18-16-14-12-10-8-6-4-2/h33,35,40-41,43-44H,3-32,34,36-39H2,1-2H3,(H,46,47)/b35-33-/t40-,41+/m0/s1. The number of phosphoric ester groups is 1. The van der Waals surface area contributed by atoms with Crippen molar-refractivity contribution in [1.29, 1.82) is 0 Å². The number of unbranched alkanes of at least 4 members (excludes halogenated alkanes) is 28. The summed E-state index contributed by atoms with van der Waals surface area (Å²) in [7, 11) is -4.52. The minimum Gasteiger partial charge on any atom is -0.498 e. The van der Waals surface area contributed by atoms with Crippen LogP contribution in [0.2, 0.25) is 0 Å². The Hall–Kier alpha value is -0.960. The molecule has 9 nitrogen and oxygen atoms in total. The largest absolute Gasteiger partial charge is 0.498 e. The molecule has 0 fully saturated rings. The summed E-state index contributed by atoms with van der Waals surface area (Å²) in [6.07, 6.45) is 39.7. The molecule has 10 heteroatoms. The van der Waals surface area contributed by atoms with Crippen molar-refractivity contribution in [2.24, 2.45) is 0 Å². The molecule has 310 valence electrons. The van der Waals surface area contributed by atoms with E-state index in [0.717, 1.165) is 32.1 Å². The molecule has 0 rings (SSSR count). The highest BCUT2D eigenvalue weighted by molar-refractivity contribution is 7.47. The number of rotatable bonds is 42. The molecule has 52 heavy (non-hydrogen) atoms. The van der Waals surface area contributed by atoms with Crippen LogP contribution in [0.1, 0.15) is 213 Å². The zero-order valence-electron chi connectivity index (χ0n) is 33.8. The maximum absolute atomic E-state index is 12.6. The first-order chi connectivity index (χ1) is 25.3. The molecule has 0 aromatic rings. The van der Waals surface area contributed by atoms with Gasteiger partial charge in [-0.25, -0.2) is 4.57 Å². The van der Waals surface area contributed by atoms with Crippen molar-refractivity contribution in [3.8, 4) is 0 Å². The maximum atomic E-state index is 12.6. The van der Waals surface area contributed by atoms with Gasteiger partial charge in [0.2, 0.25) is 0 Å². The van der Waals surface area contributed by atoms with Crippen LogP contribution >= 0.6 is 7.82 Å². The number of allylic oxidation sites excluding steroid dienone is 1. The molecule has 0 saturated heterocycles. The Balaban J connectivity index is 4.19. The smallest absolute Gasteiger partial charge is 0.472 e. The summed E-state index contributed by atoms with van der Waals surface area (Å²) in [4.78, 5) is 22.5. The highest BCUT2D eigenvalue weighted by Crippen LogP contribution is 2.43. The van der Waals surface area contributed by atoms with Gasteiger partial charge >= 0.3 is 13.8 Å². The molecule has 0 radical (unpaired) electrons. The van der Waals surface area contributed by atoms with Gasteiger partial charge in [0.15, 0.2) is 6.10 Å². The minimum atomic E-state index is -4.52. The third kappa shape index (κ3) is 38.8. The van der Waals surface area contributed by atoms with E-state index in [1.165, 1.54) is 161 Å². The van der Waals surface area contributed by atoms with Gasteiger partial charge in [0.1, 0.15) is 12.7 Å². The molecule has 0 aromatic carbocycles. The molecule has 0 spiro atoms. The van der Waals surface area contributed by atoms with Crippen LogP contribution in [0.25, 0.3) is 0 Å². The quantitative estimate of drug-likeness (QED) is 0.0241. The molecule has 0 bridgehead atoms. The van der Waals surface area contributed by atoms with Crippen molar-refractivity contribution >= 4 is 13.8 Å². The van der Waals surface area contributed by atoms with Gasteiger partial charge in [0.05, 0.1) is 26.1 Å². The Morgan fingerprint density at radius 3 is 1.38 bits per heavy atom. The average Bonchev–Trinajstić information content (AvgIpc) is 3.13. The Morgan fingerprint density at radius 2 is 0.962 bits per heavy atom. The van der Waals surface area contributed by atoms with Crippen LogP contribution in [-0.2, 0) is 27.9 Å². The van der Waals surface area contributed by atoms with Gasteiger partial charge in [-0.05, 0) is 25.3 Å². The first-order valence-electron chi connectivity index (χ1n) is 21.7. The highest BCUT2D eigenvalue weighted by atomic mass is 31.2. The number of esters is 1. The van der Waals surface area contributed by atoms with Crippen molar-refractivity contribution in [2.45, 2.75) is 225 Å². The summed E-state index contributed by atoms with van der Waals surface area (Å²) < 4.78 is 33.1. The summed E-state index contributed by atoms with van der Waals surface area (Å²) >= 11 is 0. The van der Waals surface area contributed by atoms with Gasteiger partial charge in [0, 0.05) is 6.42 Å². The summed E-state index contributed by atoms with van der Waals surface area (Å²) in [5.41, 5.74) is 0. The lowest BCUT2D eigenvalue weighted by Crippen LogP contribution is -2.28. The van der Waals surface area contributed by atoms with Crippen LogP contribution < -0.4 is 0 Å². The first-order valence-corrected chi connectivity index (χ1v) is 23.2. The third-order valence-corrected chi connectivity index (χ3v) is 10.5. The Labute approximate surface area is 320 Å². The number of aliphatic hydroxyl groups excluding tert-OH is 2. The summed E-state index contributed by atoms with van der Waals surface area (Å²) in [6.45, 7) is 2.92. The van der Waals surface area contributed by atoms with Crippen LogP contribution in [0.3, 0.4) is 0 Å². The fourth-order valence-electron chi connectivity index (χ4n) is 6.20. The fraction of sp³-hybridized carbons (Fsp3) is 0.929. The second kappa shape index (κ2) is 39.7. The highest BCUT2D eigenvalue weighted by Gasteiger charge is 2.26. The van der Waals surface area contributed by atoms with E-state index < -0.39 is 45.8 Å². The van der Waals surface area contributed by atoms with E-state index in [2.05, 4.69) is 13.8 Å². The monoisotopic (exact) mass is 763 g/mol. The van der Waals surface area contributed by atoms with E-state index in [-0.39, 0.29) is 13.0 Å². The van der Waals surface area contributed by atoms with Gasteiger partial charge in [0.25, 0.3) is 0 Å². The van der Waals surface area contributed by atoms with Crippen LogP contribution in [0.4, 0.5) is 0 Å². The van der Waals surface area contributed by atoms with Crippen LogP contribution in [0.5, 0.6) is 0 Å². The zero-order chi connectivity index (χ0) is 38.2. The summed E-state index contributed by atoms with van der Waals surface area (Å²) in [5.74, 6) is -0.400. The van der Waals surface area contributed by atoms with E-state index in [4.69, 9.17) is 23.6 Å². The first kappa shape index (κ1) is 51.0. The van der Waals surface area contributed by atoms with E-state index in [0.29, 0.717) is 0 Å². The lowest BCUT2D eigenvalue weighted by molar-refractivity contribution is -0.153. The van der Waals surface area contributed by atoms with Crippen molar-refractivity contribution in [3.63, 3.8) is 0 Å². The topological polar surface area (TPSA) is 132 Å². The Bertz CT molecular complexity index is 825. The summed E-state index contributed by atoms with van der Waals surface area (Å²) in [5, 5.41) is 18.3. The molecule has 0 amide bonds. The molecule has 1 unspecified atom stereocenters. The number of carbonyl (C=O) groups excluding carboxylic acids is 1. The number of phosphoric acid groups is 1. The Morgan fingerprint density at radius 1 is 0.577 bits per heavy atom. The van der Waals surface area contributed by atoms with Gasteiger partial charge < -0.3 is 24.6 Å². The second-order valence-electron chi connectivity index (χ2n) is 14.8. The number of ether oxygens (including phenoxy) is 2. The molecule has 3 N–H and O–H groups in total. The molecular formula is C42H83O9P. The van der Waals surface area contributed by atoms with Gasteiger partial charge in [-0.2, -0.15) is 0 Å². The van der Waals surface area contributed by atoms with E-state index >= 15 is 0 Å². The zero-order valence-corrected chi connectivity index (χ0v) is 34.7. The maximum Gasteiger partial charge on any atom is 0.472 e. The van der Waals surface area contributed by atoms with Crippen LogP contribution in [0, 0.1) is 0 Å². The average molecular weight is 763 g/mol. The van der Waals surface area contributed by atoms with Crippen LogP contribution in [-0.4, -0.2) is 59.7 Å².